The van der Waals surface area contributed by atoms with E-state index in [1.807, 2.05) is 6.08 Å². The highest BCUT2D eigenvalue weighted by atomic mass is 28.4. The van der Waals surface area contributed by atoms with E-state index in [9.17, 15) is 19.2 Å². The first-order valence-corrected chi connectivity index (χ1v) is 19.4. The Morgan fingerprint density at radius 2 is 1.25 bits per heavy atom. The molecule has 0 N–H and O–H groups in total. The number of esters is 4. The van der Waals surface area contributed by atoms with Gasteiger partial charge in [0.15, 0.2) is 8.32 Å². The fourth-order valence-corrected chi connectivity index (χ4v) is 15.2. The fraction of sp³-hybridized carbons (Fsp3) is 0.778. The minimum atomic E-state index is -2.45. The molecule has 4 rings (SSSR count). The van der Waals surface area contributed by atoms with Crippen LogP contribution in [0.4, 0.5) is 0 Å². The van der Waals surface area contributed by atoms with Gasteiger partial charge in [-0.3, -0.25) is 19.2 Å². The number of rotatable bonds is 7. The van der Waals surface area contributed by atoms with Gasteiger partial charge in [0.25, 0.3) is 0 Å². The average Bonchev–Trinajstić information content (AvgIpc) is 3.25. The molecule has 0 radical (unpaired) electrons. The number of hydrogen-bond acceptors (Lipinski definition) is 7. The maximum atomic E-state index is 12.3. The lowest BCUT2D eigenvalue weighted by Gasteiger charge is -2.55. The number of carbonyl (C=O) groups excluding carboxylic acids is 4. The van der Waals surface area contributed by atoms with Crippen LogP contribution < -0.4 is 0 Å². The van der Waals surface area contributed by atoms with E-state index in [-0.39, 0.29) is 63.7 Å². The van der Waals surface area contributed by atoms with Crippen LogP contribution in [0.15, 0.2) is 12.7 Å². The lowest BCUT2D eigenvalue weighted by atomic mass is 9.71. The third-order valence-corrected chi connectivity index (χ3v) is 21.2. The van der Waals surface area contributed by atoms with Gasteiger partial charge in [0.2, 0.25) is 0 Å². The summed E-state index contributed by atoms with van der Waals surface area (Å²) in [4.78, 5) is 48.8. The van der Waals surface area contributed by atoms with Crippen molar-refractivity contribution in [1.29, 1.82) is 0 Å². The van der Waals surface area contributed by atoms with E-state index in [0.29, 0.717) is 31.2 Å². The maximum absolute atomic E-state index is 12.3. The molecule has 36 heavy (non-hydrogen) atoms. The first-order valence-electron chi connectivity index (χ1n) is 13.4. The highest BCUT2D eigenvalue weighted by molar-refractivity contribution is 6.83. The Hall–Kier alpha value is -1.59. The van der Waals surface area contributed by atoms with Crippen LogP contribution in [-0.4, -0.2) is 45.5 Å². The van der Waals surface area contributed by atoms with Gasteiger partial charge >= 0.3 is 23.9 Å². The van der Waals surface area contributed by atoms with Crippen LogP contribution in [0, 0.1) is 29.6 Å². The molecule has 200 valence electrons. The van der Waals surface area contributed by atoms with Gasteiger partial charge in [0.05, 0.1) is 31.7 Å². The van der Waals surface area contributed by atoms with E-state index < -0.39 is 16.4 Å². The smallest absolute Gasteiger partial charge is 0.317 e. The summed E-state index contributed by atoms with van der Waals surface area (Å²) in [5.41, 5.74) is 0.349. The molecular weight excluding hydrogens is 492 g/mol. The van der Waals surface area contributed by atoms with Crippen molar-refractivity contribution >= 4 is 40.3 Å². The average molecular weight is 535 g/mol. The minimum Gasteiger partial charge on any atom is -0.414 e. The Morgan fingerprint density at radius 3 is 1.78 bits per heavy atom. The van der Waals surface area contributed by atoms with Crippen molar-refractivity contribution in [2.45, 2.75) is 101 Å². The summed E-state index contributed by atoms with van der Waals surface area (Å²) in [6, 6.07) is 0. The van der Waals surface area contributed by atoms with E-state index in [2.05, 4.69) is 53.5 Å². The number of hydrogen-bond donors (Lipinski definition) is 0. The van der Waals surface area contributed by atoms with E-state index >= 15 is 0 Å². The molecule has 2 saturated carbocycles. The minimum absolute atomic E-state index is 0.187. The Morgan fingerprint density at radius 1 is 0.778 bits per heavy atom. The number of ether oxygens (including phenoxy) is 2. The second-order valence-corrected chi connectivity index (χ2v) is 23.0. The summed E-state index contributed by atoms with van der Waals surface area (Å²) in [5.74, 6) is -2.52. The normalized spacial score (nSPS) is 35.0. The summed E-state index contributed by atoms with van der Waals surface area (Å²) < 4.78 is 17.1. The van der Waals surface area contributed by atoms with Gasteiger partial charge in [0.1, 0.15) is 0 Å². The first kappa shape index (κ1) is 27.4. The molecular formula is C27H42O7Si2. The Labute approximate surface area is 216 Å². The Balaban J connectivity index is 1.53. The highest BCUT2D eigenvalue weighted by Crippen LogP contribution is 2.57. The molecule has 7 unspecified atom stereocenters. The molecule has 0 spiro atoms. The summed E-state index contributed by atoms with van der Waals surface area (Å²) in [6.07, 6.45) is 6.48. The first-order chi connectivity index (χ1) is 16.6. The molecule has 0 aromatic heterocycles. The third kappa shape index (κ3) is 4.19. The van der Waals surface area contributed by atoms with Crippen LogP contribution in [0.3, 0.4) is 0 Å². The molecule has 0 aromatic rings. The van der Waals surface area contributed by atoms with Crippen molar-refractivity contribution in [1.82, 2.24) is 0 Å². The van der Waals surface area contributed by atoms with Crippen molar-refractivity contribution in [3.63, 3.8) is 0 Å². The molecule has 0 aromatic carbocycles. The Kier molecular flexibility index (Phi) is 6.87. The van der Waals surface area contributed by atoms with Gasteiger partial charge in [-0.15, -0.1) is 6.58 Å². The van der Waals surface area contributed by atoms with E-state index in [4.69, 9.17) is 13.9 Å². The summed E-state index contributed by atoms with van der Waals surface area (Å²) >= 11 is 0. The summed E-state index contributed by atoms with van der Waals surface area (Å²) in [6.45, 7) is 20.0. The zero-order valence-corrected chi connectivity index (χ0v) is 24.8. The van der Waals surface area contributed by atoms with Gasteiger partial charge in [0, 0.05) is 10.3 Å². The van der Waals surface area contributed by atoms with Crippen LogP contribution >= 0.6 is 0 Å². The molecule has 2 heterocycles. The topological polar surface area (TPSA) is 96.0 Å². The Bertz CT molecular complexity index is 987. The van der Waals surface area contributed by atoms with E-state index in [1.54, 1.807) is 0 Å². The number of allylic oxidation sites excluding steroid dienone is 1. The molecule has 7 atom stereocenters. The second-order valence-electron chi connectivity index (χ2n) is 13.3. The molecule has 4 aliphatic rings. The predicted octanol–water partition coefficient (Wildman–Crippen LogP) is 5.17. The molecule has 2 saturated heterocycles. The molecule has 2 aliphatic carbocycles. The number of fused-ring (bicyclic) bond motifs is 2. The van der Waals surface area contributed by atoms with Crippen LogP contribution in [0.5, 0.6) is 0 Å². The van der Waals surface area contributed by atoms with Crippen molar-refractivity contribution in [3.8, 4) is 0 Å². The van der Waals surface area contributed by atoms with Crippen molar-refractivity contribution in [2.75, 3.05) is 0 Å². The van der Waals surface area contributed by atoms with Crippen molar-refractivity contribution in [2.24, 2.45) is 29.6 Å². The quantitative estimate of drug-likeness (QED) is 0.192. The lowest BCUT2D eigenvalue weighted by molar-refractivity contribution is -0.155. The van der Waals surface area contributed by atoms with Crippen LogP contribution in [0.25, 0.3) is 0 Å². The van der Waals surface area contributed by atoms with Gasteiger partial charge in [-0.25, -0.2) is 0 Å². The summed E-state index contributed by atoms with van der Waals surface area (Å²) in [5, 5.41) is -0.679. The lowest BCUT2D eigenvalue weighted by Crippen LogP contribution is -2.62. The van der Waals surface area contributed by atoms with Crippen molar-refractivity contribution in [3.05, 3.63) is 12.7 Å². The molecule has 7 nitrogen and oxygen atoms in total. The zero-order chi connectivity index (χ0) is 26.8. The maximum Gasteiger partial charge on any atom is 0.317 e. The highest BCUT2D eigenvalue weighted by Gasteiger charge is 2.59. The molecule has 0 amide bonds. The number of cyclic esters (lactones) is 4. The van der Waals surface area contributed by atoms with Gasteiger partial charge in [-0.2, -0.15) is 0 Å². The van der Waals surface area contributed by atoms with Crippen LogP contribution in [0.2, 0.25) is 36.8 Å². The van der Waals surface area contributed by atoms with E-state index in [1.165, 1.54) is 0 Å². The number of carbonyl (C=O) groups is 4. The monoisotopic (exact) mass is 534 g/mol. The van der Waals surface area contributed by atoms with Crippen LogP contribution in [0.1, 0.15) is 59.3 Å². The molecule has 2 aliphatic heterocycles. The van der Waals surface area contributed by atoms with Crippen LogP contribution in [-0.2, 0) is 33.1 Å². The van der Waals surface area contributed by atoms with Gasteiger partial charge in [-0.1, -0.05) is 32.5 Å². The zero-order valence-electron chi connectivity index (χ0n) is 22.8. The SMILES string of the molecule is C=CC(C)(C1CCC2C(=O)OC(=O)C2C1)[Si](C)(C)OC(C)(C)[Si](C)(C)C1CCC2C(=O)OC(=O)C2C1. The third-order valence-electron chi connectivity index (χ3n) is 11.0. The molecule has 0 bridgehead atoms. The molecule has 9 heteroatoms. The predicted molar refractivity (Wildman–Crippen MR) is 140 cm³/mol. The standard InChI is InChI=1S/C27H42O7Si2/c1-9-27(4,16-10-12-18-20(14-16)24(30)32-22(18)28)36(7,8)34-26(2,3)35(5,6)17-11-13-19-21(15-17)25(31)33-23(19)29/h9,16-21H,1,10-15H2,2-8H3. The van der Waals surface area contributed by atoms with Gasteiger partial charge < -0.3 is 13.9 Å². The summed E-state index contributed by atoms with van der Waals surface area (Å²) in [7, 11) is -4.55. The second kappa shape index (κ2) is 9.01. The van der Waals surface area contributed by atoms with Gasteiger partial charge in [-0.05, 0) is 70.5 Å². The largest absolute Gasteiger partial charge is 0.414 e. The fourth-order valence-electron chi connectivity index (χ4n) is 7.40. The molecule has 4 fully saturated rings. The van der Waals surface area contributed by atoms with Crippen molar-refractivity contribution < 1.29 is 33.1 Å². The van der Waals surface area contributed by atoms with E-state index in [0.717, 1.165) is 12.8 Å².